The maximum absolute atomic E-state index is 11.9. The maximum atomic E-state index is 11.9. The number of carbonyl (C=O) groups excluding carboxylic acids is 1. The minimum absolute atomic E-state index is 0.361. The van der Waals surface area contributed by atoms with Gasteiger partial charge in [0.2, 0.25) is 5.91 Å². The zero-order valence-corrected chi connectivity index (χ0v) is 9.35. The molecule has 1 aromatic rings. The van der Waals surface area contributed by atoms with Crippen LogP contribution in [0.1, 0.15) is 37.4 Å². The van der Waals surface area contributed by atoms with Crippen LogP contribution < -0.4 is 0 Å². The Morgan fingerprint density at radius 1 is 1.31 bits per heavy atom. The van der Waals surface area contributed by atoms with Gasteiger partial charge in [0.25, 0.3) is 0 Å². The van der Waals surface area contributed by atoms with Crippen molar-refractivity contribution < 1.29 is 4.79 Å². The fourth-order valence-electron chi connectivity index (χ4n) is 2.46. The molecule has 0 radical (unpaired) electrons. The Morgan fingerprint density at radius 3 is 2.62 bits per heavy atom. The van der Waals surface area contributed by atoms with E-state index < -0.39 is 0 Å². The molecule has 1 aliphatic carbocycles. The average Bonchev–Trinajstić information content (AvgIpc) is 3.04. The fraction of sp³-hybridized carbons (Fsp3) is 0.667. The molecule has 0 spiro atoms. The van der Waals surface area contributed by atoms with Gasteiger partial charge in [-0.05, 0) is 25.7 Å². The summed E-state index contributed by atoms with van der Waals surface area (Å²) in [6, 6.07) is 0. The highest BCUT2D eigenvalue weighted by Crippen LogP contribution is 2.33. The van der Waals surface area contributed by atoms with Gasteiger partial charge in [-0.25, -0.2) is 4.98 Å². The molecule has 1 saturated carbocycles. The van der Waals surface area contributed by atoms with Crippen molar-refractivity contribution in [1.29, 1.82) is 0 Å². The van der Waals surface area contributed by atoms with Crippen molar-refractivity contribution in [3.05, 3.63) is 18.2 Å². The summed E-state index contributed by atoms with van der Waals surface area (Å²) in [5.41, 5.74) is 0. The number of nitrogens with one attached hydrogen (secondary N) is 1. The van der Waals surface area contributed by atoms with Crippen LogP contribution in [0.2, 0.25) is 0 Å². The maximum Gasteiger partial charge on any atom is 0.225 e. The topological polar surface area (TPSA) is 49.0 Å². The molecule has 4 heteroatoms. The van der Waals surface area contributed by atoms with Crippen molar-refractivity contribution in [3.8, 4) is 0 Å². The monoisotopic (exact) mass is 219 g/mol. The van der Waals surface area contributed by atoms with Gasteiger partial charge >= 0.3 is 0 Å². The Labute approximate surface area is 95.1 Å². The summed E-state index contributed by atoms with van der Waals surface area (Å²) in [5, 5.41) is 0. The first kappa shape index (κ1) is 9.87. The van der Waals surface area contributed by atoms with Crippen LogP contribution in [-0.2, 0) is 4.79 Å². The van der Waals surface area contributed by atoms with E-state index in [1.54, 1.807) is 6.20 Å². The van der Waals surface area contributed by atoms with Crippen molar-refractivity contribution in [2.45, 2.75) is 31.6 Å². The van der Waals surface area contributed by atoms with Crippen LogP contribution in [0.25, 0.3) is 0 Å². The fourth-order valence-corrected chi connectivity index (χ4v) is 2.46. The number of hydrogen-bond acceptors (Lipinski definition) is 2. The molecule has 2 heterocycles. The number of aromatic nitrogens is 2. The Kier molecular flexibility index (Phi) is 2.42. The number of aromatic amines is 1. The molecule has 0 aromatic carbocycles. The molecule has 0 bridgehead atoms. The number of rotatable bonds is 2. The van der Waals surface area contributed by atoms with Crippen molar-refractivity contribution >= 4 is 5.91 Å². The number of carbonyl (C=O) groups is 1. The lowest BCUT2D eigenvalue weighted by Crippen LogP contribution is -2.38. The van der Waals surface area contributed by atoms with Crippen LogP contribution >= 0.6 is 0 Å². The normalized spacial score (nSPS) is 22.4. The highest BCUT2D eigenvalue weighted by molar-refractivity contribution is 5.81. The van der Waals surface area contributed by atoms with Crippen LogP contribution in [0.5, 0.6) is 0 Å². The molecule has 0 atom stereocenters. The molecule has 86 valence electrons. The van der Waals surface area contributed by atoms with E-state index in [1.807, 2.05) is 11.1 Å². The zero-order valence-electron chi connectivity index (χ0n) is 9.35. The number of piperidine rings is 1. The van der Waals surface area contributed by atoms with Gasteiger partial charge in [-0.3, -0.25) is 4.79 Å². The molecular formula is C12H17N3O. The van der Waals surface area contributed by atoms with Gasteiger partial charge in [0.1, 0.15) is 5.82 Å². The predicted molar refractivity (Wildman–Crippen MR) is 59.9 cm³/mol. The summed E-state index contributed by atoms with van der Waals surface area (Å²) in [7, 11) is 0. The van der Waals surface area contributed by atoms with Gasteiger partial charge in [0.05, 0.1) is 0 Å². The van der Waals surface area contributed by atoms with Gasteiger partial charge in [-0.1, -0.05) is 0 Å². The lowest BCUT2D eigenvalue weighted by molar-refractivity contribution is -0.133. The van der Waals surface area contributed by atoms with E-state index in [4.69, 9.17) is 0 Å². The molecule has 16 heavy (non-hydrogen) atoms. The molecule has 2 aliphatic rings. The first-order valence-corrected chi connectivity index (χ1v) is 6.12. The van der Waals surface area contributed by atoms with Crippen LogP contribution in [0.4, 0.5) is 0 Å². The summed E-state index contributed by atoms with van der Waals surface area (Å²) in [4.78, 5) is 21.4. The van der Waals surface area contributed by atoms with Gasteiger partial charge in [-0.2, -0.15) is 0 Å². The minimum Gasteiger partial charge on any atom is -0.348 e. The van der Waals surface area contributed by atoms with E-state index in [1.165, 1.54) is 0 Å². The number of hydrogen-bond donors (Lipinski definition) is 1. The predicted octanol–water partition coefficient (Wildman–Crippen LogP) is 1.53. The summed E-state index contributed by atoms with van der Waals surface area (Å²) in [5.74, 6) is 2.34. The molecule has 1 aliphatic heterocycles. The number of amides is 1. The van der Waals surface area contributed by atoms with Gasteiger partial charge in [0.15, 0.2) is 0 Å². The molecule has 1 amide bonds. The van der Waals surface area contributed by atoms with Crippen LogP contribution in [0.3, 0.4) is 0 Å². The summed E-state index contributed by atoms with van der Waals surface area (Å²) < 4.78 is 0. The Hall–Kier alpha value is -1.32. The molecule has 1 N–H and O–H groups in total. The SMILES string of the molecule is O=C(C1CC1)N1CCC(c2ncc[nH]2)CC1. The number of imidazole rings is 1. The second kappa shape index (κ2) is 3.92. The Balaban J connectivity index is 1.57. The lowest BCUT2D eigenvalue weighted by atomic mass is 9.96. The highest BCUT2D eigenvalue weighted by atomic mass is 16.2. The molecular weight excluding hydrogens is 202 g/mol. The van der Waals surface area contributed by atoms with Gasteiger partial charge in [-0.15, -0.1) is 0 Å². The van der Waals surface area contributed by atoms with E-state index in [0.717, 1.165) is 44.6 Å². The third-order valence-corrected chi connectivity index (χ3v) is 3.64. The number of nitrogens with zero attached hydrogens (tertiary/aromatic N) is 2. The summed E-state index contributed by atoms with van der Waals surface area (Å²) in [6.07, 6.45) is 7.99. The smallest absolute Gasteiger partial charge is 0.225 e. The van der Waals surface area contributed by atoms with E-state index in [-0.39, 0.29) is 0 Å². The van der Waals surface area contributed by atoms with E-state index in [0.29, 0.717) is 17.7 Å². The van der Waals surface area contributed by atoms with E-state index >= 15 is 0 Å². The first-order chi connectivity index (χ1) is 7.84. The molecule has 3 rings (SSSR count). The zero-order chi connectivity index (χ0) is 11.0. The number of likely N-dealkylation sites (tertiary alicyclic amines) is 1. The lowest BCUT2D eigenvalue weighted by Gasteiger charge is -2.31. The average molecular weight is 219 g/mol. The molecule has 1 saturated heterocycles. The van der Waals surface area contributed by atoms with Crippen LogP contribution in [-0.4, -0.2) is 33.9 Å². The Morgan fingerprint density at radius 2 is 2.06 bits per heavy atom. The van der Waals surface area contributed by atoms with Crippen molar-refractivity contribution in [1.82, 2.24) is 14.9 Å². The highest BCUT2D eigenvalue weighted by Gasteiger charge is 2.35. The van der Waals surface area contributed by atoms with Crippen LogP contribution in [0, 0.1) is 5.92 Å². The minimum atomic E-state index is 0.361. The largest absolute Gasteiger partial charge is 0.348 e. The standard InChI is InChI=1S/C12H17N3O/c16-12(10-1-2-10)15-7-3-9(4-8-15)11-13-5-6-14-11/h5-6,9-10H,1-4,7-8H2,(H,13,14). The summed E-state index contributed by atoms with van der Waals surface area (Å²) >= 11 is 0. The van der Waals surface area contributed by atoms with E-state index in [9.17, 15) is 4.79 Å². The van der Waals surface area contributed by atoms with E-state index in [2.05, 4.69) is 9.97 Å². The van der Waals surface area contributed by atoms with Crippen molar-refractivity contribution in [2.24, 2.45) is 5.92 Å². The molecule has 0 unspecified atom stereocenters. The molecule has 4 nitrogen and oxygen atoms in total. The number of H-pyrrole nitrogens is 1. The van der Waals surface area contributed by atoms with Gasteiger partial charge < -0.3 is 9.88 Å². The molecule has 1 aromatic heterocycles. The third-order valence-electron chi connectivity index (χ3n) is 3.64. The second-order valence-electron chi connectivity index (χ2n) is 4.85. The van der Waals surface area contributed by atoms with Crippen molar-refractivity contribution in [2.75, 3.05) is 13.1 Å². The first-order valence-electron chi connectivity index (χ1n) is 6.12. The van der Waals surface area contributed by atoms with Gasteiger partial charge in [0, 0.05) is 37.3 Å². The quantitative estimate of drug-likeness (QED) is 0.820. The third kappa shape index (κ3) is 1.84. The molecule has 2 fully saturated rings. The summed E-state index contributed by atoms with van der Waals surface area (Å²) in [6.45, 7) is 1.81. The second-order valence-corrected chi connectivity index (χ2v) is 4.85. The van der Waals surface area contributed by atoms with Crippen LogP contribution in [0.15, 0.2) is 12.4 Å². The Bertz CT molecular complexity index is 362. The van der Waals surface area contributed by atoms with Crippen molar-refractivity contribution in [3.63, 3.8) is 0 Å².